The molecule has 1 saturated carbocycles. The Morgan fingerprint density at radius 2 is 1.65 bits per heavy atom. The molecular weight excluding hydrogens is 681 g/mol. The van der Waals surface area contributed by atoms with Gasteiger partial charge in [-0.05, 0) is 107 Å². The zero-order valence-corrected chi connectivity index (χ0v) is 32.9. The number of phenols is 2. The van der Waals surface area contributed by atoms with Gasteiger partial charge in [-0.25, -0.2) is 0 Å². The number of nitrogens with zero attached hydrogens (tertiary/aromatic N) is 2. The van der Waals surface area contributed by atoms with Gasteiger partial charge >= 0.3 is 0 Å². The van der Waals surface area contributed by atoms with Crippen molar-refractivity contribution in [1.82, 2.24) is 15.1 Å². The van der Waals surface area contributed by atoms with E-state index in [4.69, 9.17) is 9.47 Å². The van der Waals surface area contributed by atoms with E-state index in [0.717, 1.165) is 87.3 Å². The number of hydrogen-bond acceptors (Lipinski definition) is 10. The Kier molecular flexibility index (Phi) is 18.3. The lowest BCUT2D eigenvalue weighted by Gasteiger charge is -2.42. The van der Waals surface area contributed by atoms with E-state index in [0.29, 0.717) is 43.1 Å². The summed E-state index contributed by atoms with van der Waals surface area (Å²) in [6, 6.07) is 20.0. The van der Waals surface area contributed by atoms with Gasteiger partial charge < -0.3 is 44.9 Å². The van der Waals surface area contributed by atoms with Crippen molar-refractivity contribution in [3.8, 4) is 17.2 Å². The van der Waals surface area contributed by atoms with Crippen LogP contribution >= 0.6 is 0 Å². The predicted octanol–water partition coefficient (Wildman–Crippen LogP) is 6.21. The number of benzene rings is 3. The number of anilines is 1. The van der Waals surface area contributed by atoms with E-state index in [2.05, 4.69) is 64.9 Å². The van der Waals surface area contributed by atoms with Gasteiger partial charge in [-0.15, -0.1) is 0 Å². The highest BCUT2D eigenvalue weighted by molar-refractivity contribution is 5.69. The Hall–Kier alpha value is -3.96. The Balaban J connectivity index is 0.000000241. The molecule has 0 radical (unpaired) electrons. The summed E-state index contributed by atoms with van der Waals surface area (Å²) in [6.45, 7) is 7.06. The van der Waals surface area contributed by atoms with Gasteiger partial charge in [-0.2, -0.15) is 0 Å². The zero-order valence-electron chi connectivity index (χ0n) is 32.9. The first-order valence-corrected chi connectivity index (χ1v) is 19.9. The molecular formula is C44H64N4O6. The molecule has 0 unspecified atom stereocenters. The van der Waals surface area contributed by atoms with Gasteiger partial charge in [0.05, 0.1) is 13.2 Å². The number of likely N-dealkylation sites (tertiary alicyclic amines) is 1. The van der Waals surface area contributed by atoms with Gasteiger partial charge in [0.15, 0.2) is 6.29 Å². The standard InChI is InChI=1S/C23H29NO3.C21H35N3O3/c1-24-13-11-23(12-14-24,20-6-3-2-4-7-20)21-18-19(8-9-22(21)26)10-17-27-16-5-15-25;1-22-20-19(26)9-8-18(21(20)27-15-14-25)10-11-23-12-13-24(2)16-17-6-4-3-5-7-17/h2-4,6-9,15,18,26H,5,10-14,16-17H2,1H3;8-9,14,17,22-23,26H,3-7,10-13,15-16H2,1-2H3. The number of carbonyl (C=O) groups excluding carboxylic acids is 2. The molecule has 1 saturated heterocycles. The van der Waals surface area contributed by atoms with E-state index >= 15 is 0 Å². The molecule has 296 valence electrons. The monoisotopic (exact) mass is 744 g/mol. The molecule has 1 heterocycles. The fourth-order valence-electron chi connectivity index (χ4n) is 7.87. The third-order valence-corrected chi connectivity index (χ3v) is 11.0. The number of hydrogen-bond donors (Lipinski definition) is 4. The normalized spacial score (nSPS) is 16.0. The lowest BCUT2D eigenvalue weighted by Crippen LogP contribution is -2.41. The molecule has 3 aromatic carbocycles. The number of aromatic hydroxyl groups is 2. The number of phenolic OH excluding ortho intramolecular Hbond substituents is 2. The van der Waals surface area contributed by atoms with Crippen molar-refractivity contribution in [1.29, 1.82) is 0 Å². The van der Waals surface area contributed by atoms with Crippen LogP contribution in [0.1, 0.15) is 73.6 Å². The minimum atomic E-state index is -0.160. The SMILES string of the molecule is CN1CCC(c2ccccc2)(c2cc(CCOCCC=O)ccc2O)CC1.CNc1c(O)ccc(CCNCCN(C)CC2CCCCC2)c1OCC=O. The average Bonchev–Trinajstić information content (AvgIpc) is 3.19. The fourth-order valence-corrected chi connectivity index (χ4v) is 7.87. The number of aldehydes is 2. The molecule has 0 bridgehead atoms. The third-order valence-electron chi connectivity index (χ3n) is 11.0. The van der Waals surface area contributed by atoms with Gasteiger partial charge in [-0.1, -0.05) is 67.8 Å². The maximum absolute atomic E-state index is 10.7. The highest BCUT2D eigenvalue weighted by Crippen LogP contribution is 2.45. The zero-order chi connectivity index (χ0) is 38.6. The minimum Gasteiger partial charge on any atom is -0.508 e. The Morgan fingerprint density at radius 3 is 2.35 bits per heavy atom. The van der Waals surface area contributed by atoms with Crippen molar-refractivity contribution in [2.75, 3.05) is 85.5 Å². The van der Waals surface area contributed by atoms with Crippen LogP contribution in [0.3, 0.4) is 0 Å². The van der Waals surface area contributed by atoms with Crippen LogP contribution in [-0.2, 0) is 32.6 Å². The van der Waals surface area contributed by atoms with E-state index in [1.165, 1.54) is 44.2 Å². The number of nitrogens with one attached hydrogen (secondary N) is 2. The smallest absolute Gasteiger partial charge is 0.157 e. The van der Waals surface area contributed by atoms with Crippen molar-refractivity contribution in [2.24, 2.45) is 5.92 Å². The molecule has 0 aromatic heterocycles. The molecule has 1 aliphatic carbocycles. The minimum absolute atomic E-state index is 0.0233. The van der Waals surface area contributed by atoms with Crippen LogP contribution < -0.4 is 15.4 Å². The van der Waals surface area contributed by atoms with Crippen LogP contribution in [0.25, 0.3) is 0 Å². The molecule has 4 N–H and O–H groups in total. The average molecular weight is 745 g/mol. The van der Waals surface area contributed by atoms with Crippen LogP contribution in [0.15, 0.2) is 60.7 Å². The molecule has 2 fully saturated rings. The number of carbonyl (C=O) groups is 2. The second kappa shape index (κ2) is 23.1. The van der Waals surface area contributed by atoms with Gasteiger partial charge in [-0.3, -0.25) is 4.79 Å². The summed E-state index contributed by atoms with van der Waals surface area (Å²) in [6.07, 6.45) is 12.5. The van der Waals surface area contributed by atoms with Crippen LogP contribution in [0.4, 0.5) is 5.69 Å². The quantitative estimate of drug-likeness (QED) is 0.0604. The van der Waals surface area contributed by atoms with E-state index < -0.39 is 0 Å². The first-order chi connectivity index (χ1) is 26.3. The third kappa shape index (κ3) is 12.8. The summed E-state index contributed by atoms with van der Waals surface area (Å²) in [5.41, 5.74) is 4.79. The Bertz CT molecular complexity index is 1540. The molecule has 0 atom stereocenters. The highest BCUT2D eigenvalue weighted by atomic mass is 16.5. The molecule has 10 nitrogen and oxygen atoms in total. The van der Waals surface area contributed by atoms with Crippen LogP contribution in [0, 0.1) is 5.92 Å². The Labute approximate surface area is 323 Å². The second-order valence-corrected chi connectivity index (χ2v) is 14.9. The first kappa shape index (κ1) is 42.8. The van der Waals surface area contributed by atoms with Crippen molar-refractivity contribution in [2.45, 2.75) is 69.6 Å². The molecule has 1 aliphatic heterocycles. The van der Waals surface area contributed by atoms with Crippen LogP contribution in [0.2, 0.25) is 0 Å². The van der Waals surface area contributed by atoms with E-state index in [9.17, 15) is 19.8 Å². The van der Waals surface area contributed by atoms with Crippen molar-refractivity contribution >= 4 is 18.3 Å². The van der Waals surface area contributed by atoms with Gasteiger partial charge in [0.25, 0.3) is 0 Å². The second-order valence-electron chi connectivity index (χ2n) is 14.9. The fraction of sp³-hybridized carbons (Fsp3) is 0.545. The van der Waals surface area contributed by atoms with Gasteiger partial charge in [0, 0.05) is 44.1 Å². The lowest BCUT2D eigenvalue weighted by molar-refractivity contribution is -0.110. The molecule has 3 aromatic rings. The molecule has 5 rings (SSSR count). The lowest BCUT2D eigenvalue weighted by atomic mass is 9.67. The van der Waals surface area contributed by atoms with E-state index in [1.54, 1.807) is 13.1 Å². The van der Waals surface area contributed by atoms with Crippen LogP contribution in [-0.4, -0.2) is 113 Å². The first-order valence-electron chi connectivity index (χ1n) is 19.9. The molecule has 0 spiro atoms. The summed E-state index contributed by atoms with van der Waals surface area (Å²) < 4.78 is 11.1. The van der Waals surface area contributed by atoms with E-state index in [1.807, 2.05) is 24.3 Å². The Morgan fingerprint density at radius 1 is 0.907 bits per heavy atom. The van der Waals surface area contributed by atoms with Crippen molar-refractivity contribution < 1.29 is 29.3 Å². The maximum Gasteiger partial charge on any atom is 0.157 e. The number of rotatable bonds is 20. The van der Waals surface area contributed by atoms with E-state index in [-0.39, 0.29) is 17.8 Å². The van der Waals surface area contributed by atoms with Gasteiger partial charge in [0.1, 0.15) is 35.8 Å². The summed E-state index contributed by atoms with van der Waals surface area (Å²) >= 11 is 0. The van der Waals surface area contributed by atoms with Crippen molar-refractivity contribution in [3.63, 3.8) is 0 Å². The molecule has 10 heteroatoms. The molecule has 54 heavy (non-hydrogen) atoms. The number of piperidine rings is 1. The molecule has 0 amide bonds. The summed E-state index contributed by atoms with van der Waals surface area (Å²) in [5, 5.41) is 27.1. The summed E-state index contributed by atoms with van der Waals surface area (Å²) in [5.74, 6) is 1.92. The van der Waals surface area contributed by atoms with Crippen molar-refractivity contribution in [3.05, 3.63) is 82.9 Å². The summed E-state index contributed by atoms with van der Waals surface area (Å²) in [7, 11) is 6.09. The van der Waals surface area contributed by atoms with Crippen LogP contribution in [0.5, 0.6) is 17.2 Å². The topological polar surface area (TPSA) is 124 Å². The largest absolute Gasteiger partial charge is 0.508 e. The molecule has 2 aliphatic rings. The maximum atomic E-state index is 10.7. The highest BCUT2D eigenvalue weighted by Gasteiger charge is 2.39. The number of ether oxygens (including phenoxy) is 2. The van der Waals surface area contributed by atoms with Gasteiger partial charge in [0.2, 0.25) is 0 Å². The predicted molar refractivity (Wildman–Crippen MR) is 217 cm³/mol. The number of likely N-dealkylation sites (N-methyl/N-ethyl adjacent to an activating group) is 1. The summed E-state index contributed by atoms with van der Waals surface area (Å²) in [4.78, 5) is 25.8.